The van der Waals surface area contributed by atoms with E-state index < -0.39 is 4.92 Å². The maximum atomic E-state index is 12.3. The third kappa shape index (κ3) is 3.81. The van der Waals surface area contributed by atoms with E-state index in [1.807, 2.05) is 24.1 Å². The number of carbonyl (C=O) groups excluding carboxylic acids is 1. The molecule has 0 radical (unpaired) electrons. The van der Waals surface area contributed by atoms with Crippen molar-refractivity contribution in [2.24, 2.45) is 0 Å². The van der Waals surface area contributed by atoms with E-state index in [0.717, 1.165) is 12.8 Å². The van der Waals surface area contributed by atoms with Crippen molar-refractivity contribution in [1.29, 1.82) is 0 Å². The molecular weight excluding hydrogens is 342 g/mol. The zero-order valence-corrected chi connectivity index (χ0v) is 14.5. The fourth-order valence-corrected chi connectivity index (χ4v) is 3.46. The zero-order chi connectivity index (χ0) is 18.0. The molecular formula is C18H18ClN3O3. The molecule has 7 heteroatoms. The third-order valence-electron chi connectivity index (χ3n) is 4.46. The lowest BCUT2D eigenvalue weighted by Gasteiger charge is -2.24. The van der Waals surface area contributed by atoms with Crippen LogP contribution in [0.2, 0.25) is 5.02 Å². The molecule has 2 aromatic rings. The van der Waals surface area contributed by atoms with Crippen molar-refractivity contribution < 1.29 is 9.72 Å². The number of carbonyl (C=O) groups is 1. The summed E-state index contributed by atoms with van der Waals surface area (Å²) in [4.78, 5) is 24.5. The number of hydrogen-bond donors (Lipinski definition) is 1. The molecule has 1 N–H and O–H groups in total. The summed E-state index contributed by atoms with van der Waals surface area (Å²) in [6, 6.07) is 12.5. The standard InChI is InChI=1S/C18H18ClN3O3/c1-21(17-9-6-12-4-2-3-5-14(12)17)11-18(23)20-16-8-7-13(22(24)25)10-15(16)19/h2-5,7-8,10,17H,6,9,11H2,1H3,(H,20,23). The van der Waals surface area contributed by atoms with Gasteiger partial charge in [-0.25, -0.2) is 0 Å². The molecule has 0 aromatic heterocycles. The highest BCUT2D eigenvalue weighted by molar-refractivity contribution is 6.34. The number of non-ortho nitro benzene ring substituents is 1. The second kappa shape index (κ2) is 7.21. The van der Waals surface area contributed by atoms with Crippen LogP contribution in [0.4, 0.5) is 11.4 Å². The Bertz CT molecular complexity index is 825. The van der Waals surface area contributed by atoms with Gasteiger partial charge in [0.15, 0.2) is 0 Å². The lowest BCUT2D eigenvalue weighted by atomic mass is 10.1. The van der Waals surface area contributed by atoms with Crippen molar-refractivity contribution in [3.63, 3.8) is 0 Å². The summed E-state index contributed by atoms with van der Waals surface area (Å²) in [6.45, 7) is 0.215. The topological polar surface area (TPSA) is 75.5 Å². The molecule has 130 valence electrons. The molecule has 0 bridgehead atoms. The van der Waals surface area contributed by atoms with E-state index in [-0.39, 0.29) is 29.2 Å². The zero-order valence-electron chi connectivity index (χ0n) is 13.7. The van der Waals surface area contributed by atoms with Crippen LogP contribution in [0.5, 0.6) is 0 Å². The average Bonchev–Trinajstić information content (AvgIpc) is 3.00. The number of fused-ring (bicyclic) bond motifs is 1. The number of anilines is 1. The van der Waals surface area contributed by atoms with E-state index in [2.05, 4.69) is 17.4 Å². The monoisotopic (exact) mass is 359 g/mol. The first-order chi connectivity index (χ1) is 12.0. The normalized spacial score (nSPS) is 15.9. The number of aryl methyl sites for hydroxylation is 1. The molecule has 1 unspecified atom stereocenters. The Kier molecular flexibility index (Phi) is 5.01. The molecule has 0 saturated heterocycles. The number of halogens is 1. The summed E-state index contributed by atoms with van der Waals surface area (Å²) in [7, 11) is 1.92. The predicted octanol–water partition coefficient (Wildman–Crippen LogP) is 3.81. The Labute approximate surface area is 150 Å². The highest BCUT2D eigenvalue weighted by atomic mass is 35.5. The predicted molar refractivity (Wildman–Crippen MR) is 96.9 cm³/mol. The van der Waals surface area contributed by atoms with E-state index in [1.54, 1.807) is 0 Å². The first kappa shape index (κ1) is 17.4. The van der Waals surface area contributed by atoms with Crippen LogP contribution in [0.15, 0.2) is 42.5 Å². The number of nitrogens with zero attached hydrogens (tertiary/aromatic N) is 2. The fraction of sp³-hybridized carbons (Fsp3) is 0.278. The van der Waals surface area contributed by atoms with Crippen molar-refractivity contribution in [2.75, 3.05) is 18.9 Å². The molecule has 1 atom stereocenters. The largest absolute Gasteiger partial charge is 0.324 e. The van der Waals surface area contributed by atoms with Crippen LogP contribution in [0.25, 0.3) is 0 Å². The summed E-state index contributed by atoms with van der Waals surface area (Å²) < 4.78 is 0. The SMILES string of the molecule is CN(CC(=O)Nc1ccc([N+](=O)[O-])cc1Cl)C1CCc2ccccc21. The summed E-state index contributed by atoms with van der Waals surface area (Å²) in [6.07, 6.45) is 2.00. The second-order valence-electron chi connectivity index (χ2n) is 6.14. The van der Waals surface area contributed by atoms with Crippen LogP contribution in [0, 0.1) is 10.1 Å². The van der Waals surface area contributed by atoms with Gasteiger partial charge >= 0.3 is 0 Å². The maximum absolute atomic E-state index is 12.3. The minimum Gasteiger partial charge on any atom is -0.324 e. The van der Waals surface area contributed by atoms with E-state index in [9.17, 15) is 14.9 Å². The van der Waals surface area contributed by atoms with Crippen LogP contribution < -0.4 is 5.32 Å². The molecule has 1 aliphatic carbocycles. The van der Waals surface area contributed by atoms with Gasteiger partial charge in [-0.1, -0.05) is 35.9 Å². The molecule has 0 saturated carbocycles. The molecule has 3 rings (SSSR count). The van der Waals surface area contributed by atoms with E-state index in [4.69, 9.17) is 11.6 Å². The Morgan fingerprint density at radius 1 is 1.36 bits per heavy atom. The number of rotatable bonds is 5. The van der Waals surface area contributed by atoms with Gasteiger partial charge in [-0.05, 0) is 37.1 Å². The third-order valence-corrected chi connectivity index (χ3v) is 4.78. The number of benzene rings is 2. The quantitative estimate of drug-likeness (QED) is 0.650. The van der Waals surface area contributed by atoms with Crippen molar-refractivity contribution >= 4 is 28.9 Å². The summed E-state index contributed by atoms with van der Waals surface area (Å²) in [5.74, 6) is -0.206. The first-order valence-electron chi connectivity index (χ1n) is 7.97. The molecule has 2 aromatic carbocycles. The molecule has 0 spiro atoms. The molecule has 0 fully saturated rings. The summed E-state index contributed by atoms with van der Waals surface area (Å²) >= 11 is 6.02. The minimum absolute atomic E-state index is 0.109. The van der Waals surface area contributed by atoms with Crippen LogP contribution in [0.1, 0.15) is 23.6 Å². The van der Waals surface area contributed by atoms with Gasteiger partial charge in [-0.15, -0.1) is 0 Å². The number of hydrogen-bond acceptors (Lipinski definition) is 4. The van der Waals surface area contributed by atoms with Crippen LogP contribution in [-0.2, 0) is 11.2 Å². The summed E-state index contributed by atoms with van der Waals surface area (Å²) in [5, 5.41) is 13.6. The smallest absolute Gasteiger partial charge is 0.271 e. The number of nitro groups is 1. The van der Waals surface area contributed by atoms with Crippen molar-refractivity contribution in [1.82, 2.24) is 4.90 Å². The van der Waals surface area contributed by atoms with Gasteiger partial charge in [-0.2, -0.15) is 0 Å². The van der Waals surface area contributed by atoms with Crippen LogP contribution in [0.3, 0.4) is 0 Å². The Hall–Kier alpha value is -2.44. The van der Waals surface area contributed by atoms with Crippen molar-refractivity contribution in [2.45, 2.75) is 18.9 Å². The Morgan fingerprint density at radius 3 is 2.84 bits per heavy atom. The molecule has 1 aliphatic rings. The number of likely N-dealkylation sites (N-methyl/N-ethyl adjacent to an activating group) is 1. The maximum Gasteiger partial charge on any atom is 0.271 e. The van der Waals surface area contributed by atoms with Gasteiger partial charge in [-0.3, -0.25) is 19.8 Å². The number of nitrogens with one attached hydrogen (secondary N) is 1. The highest BCUT2D eigenvalue weighted by Gasteiger charge is 2.26. The lowest BCUT2D eigenvalue weighted by Crippen LogP contribution is -2.32. The minimum atomic E-state index is -0.525. The van der Waals surface area contributed by atoms with Gasteiger partial charge in [0, 0.05) is 18.2 Å². The fourth-order valence-electron chi connectivity index (χ4n) is 3.24. The Balaban J connectivity index is 1.64. The van der Waals surface area contributed by atoms with Crippen molar-refractivity contribution in [3.05, 3.63) is 68.7 Å². The molecule has 1 amide bonds. The first-order valence-corrected chi connectivity index (χ1v) is 8.35. The summed E-state index contributed by atoms with van der Waals surface area (Å²) in [5.41, 5.74) is 2.87. The second-order valence-corrected chi connectivity index (χ2v) is 6.55. The highest BCUT2D eigenvalue weighted by Crippen LogP contribution is 2.34. The van der Waals surface area contributed by atoms with Gasteiger partial charge in [0.1, 0.15) is 0 Å². The number of nitro benzene ring substituents is 1. The van der Waals surface area contributed by atoms with E-state index in [1.165, 1.54) is 29.3 Å². The average molecular weight is 360 g/mol. The van der Waals surface area contributed by atoms with Crippen LogP contribution >= 0.6 is 11.6 Å². The van der Waals surface area contributed by atoms with Gasteiger partial charge < -0.3 is 5.32 Å². The van der Waals surface area contributed by atoms with Gasteiger partial charge in [0.2, 0.25) is 5.91 Å². The van der Waals surface area contributed by atoms with E-state index in [0.29, 0.717) is 5.69 Å². The molecule has 0 heterocycles. The van der Waals surface area contributed by atoms with E-state index >= 15 is 0 Å². The molecule has 25 heavy (non-hydrogen) atoms. The molecule has 6 nitrogen and oxygen atoms in total. The molecule has 0 aliphatic heterocycles. The number of amides is 1. The lowest BCUT2D eigenvalue weighted by molar-refractivity contribution is -0.384. The Morgan fingerprint density at radius 2 is 2.12 bits per heavy atom. The van der Waals surface area contributed by atoms with Crippen molar-refractivity contribution in [3.8, 4) is 0 Å². The van der Waals surface area contributed by atoms with Gasteiger partial charge in [0.05, 0.1) is 22.2 Å². The van der Waals surface area contributed by atoms with Crippen LogP contribution in [-0.4, -0.2) is 29.3 Å². The van der Waals surface area contributed by atoms with Gasteiger partial charge in [0.25, 0.3) is 5.69 Å².